The van der Waals surface area contributed by atoms with E-state index in [-0.39, 0.29) is 0 Å². The highest BCUT2D eigenvalue weighted by molar-refractivity contribution is 6.28. The van der Waals surface area contributed by atoms with Gasteiger partial charge < -0.3 is 9.13 Å². The minimum absolute atomic E-state index is 1.09. The first-order valence-electron chi connectivity index (χ1n) is 15.5. The van der Waals surface area contributed by atoms with Gasteiger partial charge in [0.15, 0.2) is 0 Å². The molecule has 2 heteroatoms. The fraction of sp³-hybridized carbons (Fsp3) is 0.0233. The Morgan fingerprint density at radius 2 is 1.09 bits per heavy atom. The van der Waals surface area contributed by atoms with Crippen molar-refractivity contribution in [2.24, 2.45) is 0 Å². The van der Waals surface area contributed by atoms with Gasteiger partial charge >= 0.3 is 0 Å². The first kappa shape index (κ1) is 25.6. The van der Waals surface area contributed by atoms with Crippen molar-refractivity contribution in [3.63, 3.8) is 0 Å². The Morgan fingerprint density at radius 1 is 0.533 bits per heavy atom. The summed E-state index contributed by atoms with van der Waals surface area (Å²) in [5, 5.41) is 12.6. The van der Waals surface area contributed by atoms with E-state index in [0.29, 0.717) is 0 Å². The third-order valence-electron chi connectivity index (χ3n) is 9.30. The van der Waals surface area contributed by atoms with Crippen LogP contribution >= 0.6 is 0 Å². The molecule has 0 aliphatic heterocycles. The molecule has 212 valence electrons. The molecule has 0 spiro atoms. The van der Waals surface area contributed by atoms with Crippen LogP contribution in [0, 0.1) is 0 Å². The molecule has 2 heterocycles. The summed E-state index contributed by atoms with van der Waals surface area (Å²) in [7, 11) is 0. The van der Waals surface area contributed by atoms with Crippen molar-refractivity contribution < 1.29 is 0 Å². The summed E-state index contributed by atoms with van der Waals surface area (Å²) in [5.41, 5.74) is 7.04. The van der Waals surface area contributed by atoms with Crippen LogP contribution in [0.3, 0.4) is 0 Å². The van der Waals surface area contributed by atoms with Crippen LogP contribution in [-0.2, 0) is 0 Å². The molecule has 0 radical (unpaired) electrons. The van der Waals surface area contributed by atoms with Gasteiger partial charge in [-0.1, -0.05) is 104 Å². The number of allylic oxidation sites excluding steroid dienone is 5. The first-order chi connectivity index (χ1) is 22.2. The Balaban J connectivity index is 1.44. The van der Waals surface area contributed by atoms with Crippen molar-refractivity contribution in [3.05, 3.63) is 158 Å². The van der Waals surface area contributed by atoms with Crippen LogP contribution in [0.2, 0.25) is 0 Å². The normalized spacial score (nSPS) is 12.7. The van der Waals surface area contributed by atoms with Crippen molar-refractivity contribution in [1.82, 2.24) is 9.13 Å². The molecule has 9 aromatic rings. The largest absolute Gasteiger partial charge is 0.309 e. The van der Waals surface area contributed by atoms with E-state index in [1.807, 2.05) is 6.08 Å². The molecule has 2 nitrogen and oxygen atoms in total. The van der Waals surface area contributed by atoms with Gasteiger partial charge in [0.25, 0.3) is 0 Å². The lowest BCUT2D eigenvalue weighted by Crippen LogP contribution is -1.96. The molecule has 0 fully saturated rings. The monoisotopic (exact) mass is 574 g/mol. The predicted molar refractivity (Wildman–Crippen MR) is 196 cm³/mol. The zero-order valence-electron chi connectivity index (χ0n) is 25.0. The van der Waals surface area contributed by atoms with Crippen LogP contribution in [0.4, 0.5) is 0 Å². The quantitative estimate of drug-likeness (QED) is 0.185. The summed E-state index contributed by atoms with van der Waals surface area (Å²) in [6, 6.07) is 46.9. The van der Waals surface area contributed by atoms with Gasteiger partial charge in [-0.05, 0) is 93.9 Å². The van der Waals surface area contributed by atoms with Crippen LogP contribution in [0.5, 0.6) is 0 Å². The molecule has 0 aliphatic carbocycles. The van der Waals surface area contributed by atoms with Crippen LogP contribution in [-0.4, -0.2) is 9.13 Å². The second-order valence-corrected chi connectivity index (χ2v) is 11.8. The maximum Gasteiger partial charge on any atom is 0.0547 e. The minimum Gasteiger partial charge on any atom is -0.309 e. The summed E-state index contributed by atoms with van der Waals surface area (Å²) in [6.07, 6.45) is 8.21. The van der Waals surface area contributed by atoms with Crippen molar-refractivity contribution in [3.8, 4) is 5.69 Å². The number of aromatic nitrogens is 2. The maximum atomic E-state index is 4.02. The number of benzene rings is 7. The first-order valence-corrected chi connectivity index (χ1v) is 15.5. The van der Waals surface area contributed by atoms with Gasteiger partial charge in [-0.3, -0.25) is 0 Å². The van der Waals surface area contributed by atoms with Gasteiger partial charge in [0, 0.05) is 32.9 Å². The van der Waals surface area contributed by atoms with Crippen molar-refractivity contribution >= 4 is 81.6 Å². The Kier molecular flexibility index (Phi) is 5.60. The van der Waals surface area contributed by atoms with Crippen LogP contribution in [0.25, 0.3) is 87.3 Å². The van der Waals surface area contributed by atoms with Crippen molar-refractivity contribution in [2.45, 2.75) is 6.92 Å². The highest BCUT2D eigenvalue weighted by Gasteiger charge is 2.19. The number of hydrogen-bond donors (Lipinski definition) is 0. The molecule has 0 atom stereocenters. The zero-order valence-corrected chi connectivity index (χ0v) is 25.0. The van der Waals surface area contributed by atoms with E-state index in [4.69, 9.17) is 0 Å². The minimum atomic E-state index is 1.09. The Hall–Kier alpha value is -5.86. The number of rotatable bonds is 4. The summed E-state index contributed by atoms with van der Waals surface area (Å²) in [5.74, 6) is 0. The van der Waals surface area contributed by atoms with E-state index in [0.717, 1.165) is 11.4 Å². The van der Waals surface area contributed by atoms with E-state index in [1.54, 1.807) is 0 Å². The SMILES string of the molecule is C=C/C=C(\C=C/C)n1c2ccc(-n3c4ccc5ccccc5c4c4c5ccccc5ccc43)cc2c2cc3ccccc3cc21. The Labute approximate surface area is 261 Å². The average molecular weight is 575 g/mol. The zero-order chi connectivity index (χ0) is 30.1. The van der Waals surface area contributed by atoms with E-state index in [2.05, 4.69) is 168 Å². The molecular formula is C43H30N2. The predicted octanol–water partition coefficient (Wildman–Crippen LogP) is 12.0. The molecule has 0 amide bonds. The molecule has 0 aliphatic rings. The van der Waals surface area contributed by atoms with Crippen molar-refractivity contribution in [2.75, 3.05) is 0 Å². The molecular weight excluding hydrogens is 544 g/mol. The van der Waals surface area contributed by atoms with Crippen LogP contribution in [0.15, 0.2) is 158 Å². The molecule has 0 unspecified atom stereocenters. The van der Waals surface area contributed by atoms with E-state index in [1.165, 1.54) is 75.9 Å². The van der Waals surface area contributed by atoms with Crippen molar-refractivity contribution in [1.29, 1.82) is 0 Å². The summed E-state index contributed by atoms with van der Waals surface area (Å²) in [4.78, 5) is 0. The molecule has 0 saturated heterocycles. The topological polar surface area (TPSA) is 9.86 Å². The smallest absolute Gasteiger partial charge is 0.0547 e. The molecule has 7 aromatic carbocycles. The van der Waals surface area contributed by atoms with E-state index >= 15 is 0 Å². The molecule has 2 aromatic heterocycles. The second kappa shape index (κ2) is 9.83. The molecule has 0 N–H and O–H groups in total. The van der Waals surface area contributed by atoms with Gasteiger partial charge in [-0.25, -0.2) is 0 Å². The molecule has 0 bridgehead atoms. The standard InChI is InChI=1S/C43H30N2/c1-3-11-32(12-4-2)44-38-24-21-33(27-37(38)36-25-30-15-5-6-16-31(30)26-41(36)44)45-39-22-19-28-13-7-9-17-34(28)42(39)43-35-18-10-8-14-29(35)20-23-40(43)45/h3-27H,1H2,2H3/b12-4-,32-11+. The fourth-order valence-corrected chi connectivity index (χ4v) is 7.43. The average Bonchev–Trinajstić information content (AvgIpc) is 3.59. The molecule has 0 saturated carbocycles. The fourth-order valence-electron chi connectivity index (χ4n) is 7.43. The van der Waals surface area contributed by atoms with Gasteiger partial charge in [0.1, 0.15) is 0 Å². The summed E-state index contributed by atoms with van der Waals surface area (Å²) >= 11 is 0. The number of fused-ring (bicyclic) bond motifs is 11. The number of nitrogens with zero attached hydrogens (tertiary/aromatic N) is 2. The number of hydrogen-bond acceptors (Lipinski definition) is 0. The summed E-state index contributed by atoms with van der Waals surface area (Å²) in [6.45, 7) is 6.09. The lowest BCUT2D eigenvalue weighted by molar-refractivity contribution is 1.18. The van der Waals surface area contributed by atoms with Gasteiger partial charge in [0.05, 0.1) is 22.1 Å². The summed E-state index contributed by atoms with van der Waals surface area (Å²) < 4.78 is 4.83. The lowest BCUT2D eigenvalue weighted by atomic mass is 10.00. The van der Waals surface area contributed by atoms with Gasteiger partial charge in [0.2, 0.25) is 0 Å². The Morgan fingerprint density at radius 3 is 1.71 bits per heavy atom. The van der Waals surface area contributed by atoms with Crippen LogP contribution < -0.4 is 0 Å². The van der Waals surface area contributed by atoms with Gasteiger partial charge in [-0.2, -0.15) is 0 Å². The highest BCUT2D eigenvalue weighted by Crippen LogP contribution is 2.42. The van der Waals surface area contributed by atoms with Gasteiger partial charge in [-0.15, -0.1) is 0 Å². The Bertz CT molecular complexity index is 2630. The molecule has 45 heavy (non-hydrogen) atoms. The second-order valence-electron chi connectivity index (χ2n) is 11.8. The third-order valence-corrected chi connectivity index (χ3v) is 9.30. The highest BCUT2D eigenvalue weighted by atomic mass is 15.0. The van der Waals surface area contributed by atoms with E-state index < -0.39 is 0 Å². The third kappa shape index (κ3) is 3.69. The lowest BCUT2D eigenvalue weighted by Gasteiger charge is -2.11. The molecule has 9 rings (SSSR count). The van der Waals surface area contributed by atoms with E-state index in [9.17, 15) is 0 Å². The maximum absolute atomic E-state index is 4.02. The van der Waals surface area contributed by atoms with Crippen LogP contribution in [0.1, 0.15) is 6.92 Å².